The fourth-order valence-corrected chi connectivity index (χ4v) is 3.29. The van der Waals surface area contributed by atoms with Gasteiger partial charge in [-0.25, -0.2) is 9.78 Å². The van der Waals surface area contributed by atoms with E-state index in [1.807, 2.05) is 13.8 Å². The number of hydrogen-bond donors (Lipinski definition) is 1. The lowest BCUT2D eigenvalue weighted by molar-refractivity contribution is 0.0700. The Labute approximate surface area is 117 Å². The van der Waals surface area contributed by atoms with E-state index in [1.54, 1.807) is 7.11 Å². The van der Waals surface area contributed by atoms with Gasteiger partial charge in [0.2, 0.25) is 0 Å². The van der Waals surface area contributed by atoms with Crippen molar-refractivity contribution in [3.05, 3.63) is 10.6 Å². The highest BCUT2D eigenvalue weighted by molar-refractivity contribution is 7.17. The van der Waals surface area contributed by atoms with E-state index in [1.165, 1.54) is 11.3 Å². The van der Waals surface area contributed by atoms with E-state index in [-0.39, 0.29) is 12.0 Å². The van der Waals surface area contributed by atoms with E-state index in [4.69, 9.17) is 4.74 Å². The first kappa shape index (κ1) is 14.3. The summed E-state index contributed by atoms with van der Waals surface area (Å²) in [5.74, 6) is -0.696. The van der Waals surface area contributed by atoms with Gasteiger partial charge in [-0.15, -0.1) is 0 Å². The van der Waals surface area contributed by atoms with Crippen LogP contribution in [-0.2, 0) is 4.74 Å². The zero-order valence-corrected chi connectivity index (χ0v) is 12.4. The third kappa shape index (κ3) is 2.90. The van der Waals surface area contributed by atoms with Gasteiger partial charge in [0.1, 0.15) is 4.88 Å². The first-order valence-electron chi connectivity index (χ1n) is 6.58. The second-order valence-electron chi connectivity index (χ2n) is 4.92. The summed E-state index contributed by atoms with van der Waals surface area (Å²) in [5.41, 5.74) is 0.718. The van der Waals surface area contributed by atoms with Crippen LogP contribution in [0, 0.1) is 0 Å². The molecule has 1 fully saturated rings. The Morgan fingerprint density at radius 3 is 2.95 bits per heavy atom. The number of carboxylic acids is 1. The van der Waals surface area contributed by atoms with Gasteiger partial charge < -0.3 is 14.7 Å². The number of hydrogen-bond acceptors (Lipinski definition) is 5. The maximum Gasteiger partial charge on any atom is 0.347 e. The minimum absolute atomic E-state index is 0.178. The quantitative estimate of drug-likeness (QED) is 0.900. The SMILES string of the molecule is CCC(C)c1nc(N2CCC(OC)C2)sc1C(=O)O. The second-order valence-corrected chi connectivity index (χ2v) is 5.90. The molecule has 1 aliphatic heterocycles. The molecule has 1 saturated heterocycles. The number of aromatic carboxylic acids is 1. The Morgan fingerprint density at radius 1 is 1.68 bits per heavy atom. The molecule has 2 unspecified atom stereocenters. The van der Waals surface area contributed by atoms with Crippen molar-refractivity contribution in [3.63, 3.8) is 0 Å². The summed E-state index contributed by atoms with van der Waals surface area (Å²) in [5, 5.41) is 10.1. The van der Waals surface area contributed by atoms with Crippen molar-refractivity contribution in [2.75, 3.05) is 25.1 Å². The van der Waals surface area contributed by atoms with Crippen LogP contribution in [0.5, 0.6) is 0 Å². The topological polar surface area (TPSA) is 62.7 Å². The maximum absolute atomic E-state index is 11.3. The van der Waals surface area contributed by atoms with Crippen LogP contribution in [0.25, 0.3) is 0 Å². The molecule has 0 amide bonds. The van der Waals surface area contributed by atoms with Crippen molar-refractivity contribution in [3.8, 4) is 0 Å². The van der Waals surface area contributed by atoms with Crippen molar-refractivity contribution >= 4 is 22.4 Å². The molecule has 1 aromatic rings. The molecule has 6 heteroatoms. The number of ether oxygens (including phenoxy) is 1. The Balaban J connectivity index is 2.25. The molecule has 2 atom stereocenters. The average Bonchev–Trinajstić information content (AvgIpc) is 3.03. The highest BCUT2D eigenvalue weighted by atomic mass is 32.1. The Morgan fingerprint density at radius 2 is 2.42 bits per heavy atom. The van der Waals surface area contributed by atoms with E-state index in [0.29, 0.717) is 4.88 Å². The second kappa shape index (κ2) is 5.88. The largest absolute Gasteiger partial charge is 0.477 e. The fraction of sp³-hybridized carbons (Fsp3) is 0.692. The molecule has 106 valence electrons. The standard InChI is InChI=1S/C13H20N2O3S/c1-4-8(2)10-11(12(16)17)19-13(14-10)15-6-5-9(7-15)18-3/h8-9H,4-7H2,1-3H3,(H,16,17). The van der Waals surface area contributed by atoms with Gasteiger partial charge in [0.05, 0.1) is 11.8 Å². The highest BCUT2D eigenvalue weighted by Gasteiger charge is 2.28. The van der Waals surface area contributed by atoms with Gasteiger partial charge in [0, 0.05) is 20.2 Å². The first-order valence-corrected chi connectivity index (χ1v) is 7.40. The summed E-state index contributed by atoms with van der Waals surface area (Å²) in [4.78, 5) is 18.4. The number of carboxylic acid groups (broad SMARTS) is 1. The monoisotopic (exact) mass is 284 g/mol. The molecule has 0 spiro atoms. The molecule has 1 aliphatic rings. The summed E-state index contributed by atoms with van der Waals surface area (Å²) in [6, 6.07) is 0. The van der Waals surface area contributed by atoms with Crippen molar-refractivity contribution in [2.24, 2.45) is 0 Å². The number of rotatable bonds is 5. The van der Waals surface area contributed by atoms with E-state index >= 15 is 0 Å². The summed E-state index contributed by atoms with van der Waals surface area (Å²) < 4.78 is 5.33. The molecule has 0 radical (unpaired) electrons. The van der Waals surface area contributed by atoms with Gasteiger partial charge >= 0.3 is 5.97 Å². The predicted octanol–water partition coefficient (Wildman–Crippen LogP) is 2.58. The summed E-state index contributed by atoms with van der Waals surface area (Å²) in [6.45, 7) is 5.74. The molecule has 19 heavy (non-hydrogen) atoms. The summed E-state index contributed by atoms with van der Waals surface area (Å²) in [7, 11) is 1.71. The average molecular weight is 284 g/mol. The molecule has 0 saturated carbocycles. The van der Waals surface area contributed by atoms with E-state index in [0.717, 1.165) is 36.8 Å². The number of methoxy groups -OCH3 is 1. The zero-order valence-electron chi connectivity index (χ0n) is 11.5. The predicted molar refractivity (Wildman–Crippen MR) is 75.4 cm³/mol. The van der Waals surface area contributed by atoms with Gasteiger partial charge in [-0.2, -0.15) is 0 Å². The van der Waals surface area contributed by atoms with E-state index in [2.05, 4.69) is 9.88 Å². The Kier molecular flexibility index (Phi) is 4.42. The van der Waals surface area contributed by atoms with Crippen LogP contribution in [-0.4, -0.2) is 42.4 Å². The Bertz CT molecular complexity index is 461. The lowest BCUT2D eigenvalue weighted by Gasteiger charge is -2.14. The molecule has 2 rings (SSSR count). The van der Waals surface area contributed by atoms with Crippen molar-refractivity contribution in [2.45, 2.75) is 38.7 Å². The minimum atomic E-state index is -0.874. The highest BCUT2D eigenvalue weighted by Crippen LogP contribution is 2.33. The molecule has 1 N–H and O–H groups in total. The fourth-order valence-electron chi connectivity index (χ4n) is 2.23. The van der Waals surface area contributed by atoms with Gasteiger partial charge in [-0.3, -0.25) is 0 Å². The number of nitrogens with zero attached hydrogens (tertiary/aromatic N) is 2. The number of anilines is 1. The van der Waals surface area contributed by atoms with Crippen LogP contribution >= 0.6 is 11.3 Å². The third-order valence-electron chi connectivity index (χ3n) is 3.66. The lowest BCUT2D eigenvalue weighted by atomic mass is 10.0. The molecule has 2 heterocycles. The molecular formula is C13H20N2O3S. The van der Waals surface area contributed by atoms with Crippen LogP contribution in [0.1, 0.15) is 48.0 Å². The van der Waals surface area contributed by atoms with Crippen LogP contribution < -0.4 is 4.90 Å². The van der Waals surface area contributed by atoms with Gasteiger partial charge in [-0.05, 0) is 18.8 Å². The van der Waals surface area contributed by atoms with Crippen molar-refractivity contribution in [1.29, 1.82) is 0 Å². The van der Waals surface area contributed by atoms with Gasteiger partial charge in [0.15, 0.2) is 5.13 Å². The van der Waals surface area contributed by atoms with Crippen LogP contribution in [0.2, 0.25) is 0 Å². The summed E-state index contributed by atoms with van der Waals surface area (Å²) in [6.07, 6.45) is 2.09. The van der Waals surface area contributed by atoms with Crippen molar-refractivity contribution < 1.29 is 14.6 Å². The molecule has 5 nitrogen and oxygen atoms in total. The molecule has 0 aliphatic carbocycles. The molecule has 0 bridgehead atoms. The summed E-state index contributed by atoms with van der Waals surface area (Å²) >= 11 is 1.28. The zero-order chi connectivity index (χ0) is 14.0. The molecule has 1 aromatic heterocycles. The Hall–Kier alpha value is -1.14. The number of carbonyl (C=O) groups is 1. The minimum Gasteiger partial charge on any atom is -0.477 e. The number of thiazole rings is 1. The molecular weight excluding hydrogens is 264 g/mol. The van der Waals surface area contributed by atoms with Crippen LogP contribution in [0.3, 0.4) is 0 Å². The van der Waals surface area contributed by atoms with Gasteiger partial charge in [0.25, 0.3) is 0 Å². The van der Waals surface area contributed by atoms with Crippen molar-refractivity contribution in [1.82, 2.24) is 4.98 Å². The number of aromatic nitrogens is 1. The van der Waals surface area contributed by atoms with E-state index < -0.39 is 5.97 Å². The third-order valence-corrected chi connectivity index (χ3v) is 4.78. The van der Waals surface area contributed by atoms with E-state index in [9.17, 15) is 9.90 Å². The first-order chi connectivity index (χ1) is 9.06. The normalized spacial score (nSPS) is 20.8. The smallest absolute Gasteiger partial charge is 0.347 e. The maximum atomic E-state index is 11.3. The lowest BCUT2D eigenvalue weighted by Crippen LogP contribution is -2.22. The van der Waals surface area contributed by atoms with Crippen LogP contribution in [0.4, 0.5) is 5.13 Å². The molecule has 0 aromatic carbocycles. The van der Waals surface area contributed by atoms with Gasteiger partial charge in [-0.1, -0.05) is 25.2 Å². The van der Waals surface area contributed by atoms with Crippen LogP contribution in [0.15, 0.2) is 0 Å².